The largest absolute Gasteiger partial charge is 0.416 e. The summed E-state index contributed by atoms with van der Waals surface area (Å²) in [5.74, 6) is 1.27. The molecule has 0 atom stereocenters. The van der Waals surface area contributed by atoms with Gasteiger partial charge in [-0.1, -0.05) is 35.9 Å². The molecule has 0 fully saturated rings. The van der Waals surface area contributed by atoms with Crippen molar-refractivity contribution in [1.82, 2.24) is 20.5 Å². The van der Waals surface area contributed by atoms with E-state index in [2.05, 4.69) is 25.8 Å². The van der Waals surface area contributed by atoms with Crippen molar-refractivity contribution >= 4 is 11.7 Å². The Morgan fingerprint density at radius 3 is 2.62 bits per heavy atom. The molecule has 152 valence electrons. The summed E-state index contributed by atoms with van der Waals surface area (Å²) in [6, 6.07) is 12.0. The number of anilines is 1. The molecule has 0 saturated heterocycles. The first-order valence-electron chi connectivity index (χ1n) is 8.97. The minimum atomic E-state index is -4.46. The van der Waals surface area contributed by atoms with Gasteiger partial charge in [0.25, 0.3) is 0 Å². The zero-order valence-electron chi connectivity index (χ0n) is 15.7. The highest BCUT2D eigenvalue weighted by Gasteiger charge is 2.30. The van der Waals surface area contributed by atoms with Crippen LogP contribution in [0.2, 0.25) is 0 Å². The number of carbonyl (C=O) groups excluding carboxylic acids is 1. The average molecular weight is 403 g/mol. The average Bonchev–Trinajstić information content (AvgIpc) is 3.10. The first-order chi connectivity index (χ1) is 13.8. The third-order valence-electron chi connectivity index (χ3n) is 4.15. The summed E-state index contributed by atoms with van der Waals surface area (Å²) in [4.78, 5) is 16.3. The van der Waals surface area contributed by atoms with Crippen LogP contribution in [0, 0.1) is 6.92 Å². The second-order valence-electron chi connectivity index (χ2n) is 6.57. The summed E-state index contributed by atoms with van der Waals surface area (Å²) >= 11 is 0. The number of aromatic nitrogens is 3. The normalized spacial score (nSPS) is 11.3. The fraction of sp³-hybridized carbons (Fsp3) is 0.250. The summed E-state index contributed by atoms with van der Waals surface area (Å²) in [6.07, 6.45) is -3.45. The van der Waals surface area contributed by atoms with Crippen molar-refractivity contribution in [3.63, 3.8) is 0 Å². The van der Waals surface area contributed by atoms with Gasteiger partial charge in [-0.25, -0.2) is 9.78 Å². The molecule has 0 saturated carbocycles. The summed E-state index contributed by atoms with van der Waals surface area (Å²) in [7, 11) is 0. The number of carbonyl (C=O) groups is 1. The minimum absolute atomic E-state index is 0.0654. The van der Waals surface area contributed by atoms with Gasteiger partial charge in [-0.05, 0) is 30.7 Å². The molecule has 0 aliphatic carbocycles. The lowest BCUT2D eigenvalue weighted by Crippen LogP contribution is -2.30. The molecule has 6 nitrogen and oxygen atoms in total. The lowest BCUT2D eigenvalue weighted by atomic mass is 10.1. The van der Waals surface area contributed by atoms with E-state index >= 15 is 0 Å². The van der Waals surface area contributed by atoms with E-state index in [1.165, 1.54) is 17.7 Å². The van der Waals surface area contributed by atoms with Gasteiger partial charge < -0.3 is 10.6 Å². The van der Waals surface area contributed by atoms with Gasteiger partial charge in [-0.2, -0.15) is 18.3 Å². The van der Waals surface area contributed by atoms with Crippen molar-refractivity contribution < 1.29 is 18.0 Å². The number of alkyl halides is 3. The maximum atomic E-state index is 12.7. The summed E-state index contributed by atoms with van der Waals surface area (Å²) < 4.78 is 38.1. The van der Waals surface area contributed by atoms with Gasteiger partial charge in [0.1, 0.15) is 5.82 Å². The van der Waals surface area contributed by atoms with Gasteiger partial charge in [0.15, 0.2) is 5.82 Å². The zero-order valence-corrected chi connectivity index (χ0v) is 15.7. The predicted molar refractivity (Wildman–Crippen MR) is 103 cm³/mol. The third kappa shape index (κ3) is 6.06. The van der Waals surface area contributed by atoms with Gasteiger partial charge in [-0.3, -0.25) is 5.10 Å². The minimum Gasteiger partial charge on any atom is -0.337 e. The lowest BCUT2D eigenvalue weighted by Gasteiger charge is -2.10. The fourth-order valence-electron chi connectivity index (χ4n) is 2.66. The van der Waals surface area contributed by atoms with Crippen LogP contribution in [-0.4, -0.2) is 27.8 Å². The Hall–Kier alpha value is -3.36. The van der Waals surface area contributed by atoms with E-state index in [0.717, 1.165) is 23.5 Å². The molecule has 3 N–H and O–H groups in total. The molecule has 0 aliphatic heterocycles. The van der Waals surface area contributed by atoms with Gasteiger partial charge >= 0.3 is 12.2 Å². The molecule has 3 rings (SSSR count). The van der Waals surface area contributed by atoms with E-state index in [0.29, 0.717) is 18.7 Å². The second kappa shape index (κ2) is 8.76. The number of rotatable bonds is 6. The van der Waals surface area contributed by atoms with Crippen LogP contribution in [0.3, 0.4) is 0 Å². The molecule has 3 aromatic rings. The molecular formula is C20H20F3N5O. The Kier molecular flexibility index (Phi) is 6.16. The van der Waals surface area contributed by atoms with Gasteiger partial charge in [0.2, 0.25) is 0 Å². The first-order valence-corrected chi connectivity index (χ1v) is 8.97. The fourth-order valence-corrected chi connectivity index (χ4v) is 2.66. The van der Waals surface area contributed by atoms with Crippen molar-refractivity contribution in [3.05, 3.63) is 76.9 Å². The molecule has 2 aromatic carbocycles. The Balaban J connectivity index is 1.46. The van der Waals surface area contributed by atoms with Gasteiger partial charge in [0.05, 0.1) is 5.56 Å². The van der Waals surface area contributed by atoms with Crippen molar-refractivity contribution in [1.29, 1.82) is 0 Å². The number of nitrogens with zero attached hydrogens (tertiary/aromatic N) is 2. The van der Waals surface area contributed by atoms with E-state index in [4.69, 9.17) is 0 Å². The molecule has 1 aromatic heterocycles. The van der Waals surface area contributed by atoms with Crippen LogP contribution in [0.1, 0.15) is 28.3 Å². The SMILES string of the molecule is Cc1ccc(Cc2nc(CCNC(=O)Nc3cccc(C(F)(F)F)c3)n[nH]2)cc1. The van der Waals surface area contributed by atoms with Gasteiger partial charge in [0, 0.05) is 25.1 Å². The molecule has 0 bridgehead atoms. The van der Waals surface area contributed by atoms with Crippen molar-refractivity contribution in [2.24, 2.45) is 0 Å². The molecule has 0 aliphatic rings. The molecule has 2 amide bonds. The number of aromatic amines is 1. The number of hydrogen-bond acceptors (Lipinski definition) is 3. The van der Waals surface area contributed by atoms with E-state index in [9.17, 15) is 18.0 Å². The zero-order chi connectivity index (χ0) is 20.9. The van der Waals surface area contributed by atoms with Crippen molar-refractivity contribution in [2.45, 2.75) is 25.9 Å². The van der Waals surface area contributed by atoms with Crippen LogP contribution < -0.4 is 10.6 Å². The third-order valence-corrected chi connectivity index (χ3v) is 4.15. The Morgan fingerprint density at radius 1 is 1.14 bits per heavy atom. The van der Waals surface area contributed by atoms with Crippen LogP contribution >= 0.6 is 0 Å². The second-order valence-corrected chi connectivity index (χ2v) is 6.57. The van der Waals surface area contributed by atoms with Crippen LogP contribution in [0.5, 0.6) is 0 Å². The Morgan fingerprint density at radius 2 is 1.90 bits per heavy atom. The number of amides is 2. The molecule has 1 heterocycles. The smallest absolute Gasteiger partial charge is 0.337 e. The summed E-state index contributed by atoms with van der Waals surface area (Å²) in [5, 5.41) is 11.9. The Labute approximate surface area is 165 Å². The summed E-state index contributed by atoms with van der Waals surface area (Å²) in [6.45, 7) is 2.26. The highest BCUT2D eigenvalue weighted by molar-refractivity contribution is 5.89. The topological polar surface area (TPSA) is 82.7 Å². The highest BCUT2D eigenvalue weighted by Crippen LogP contribution is 2.30. The maximum Gasteiger partial charge on any atom is 0.416 e. The van der Waals surface area contributed by atoms with E-state index in [1.54, 1.807) is 0 Å². The molecule has 0 radical (unpaired) electrons. The molecule has 9 heteroatoms. The summed E-state index contributed by atoms with van der Waals surface area (Å²) in [5.41, 5.74) is 1.53. The molecule has 0 unspecified atom stereocenters. The van der Waals surface area contributed by atoms with Crippen LogP contribution in [-0.2, 0) is 19.0 Å². The Bertz CT molecular complexity index is 967. The first kappa shape index (κ1) is 20.4. The molecular weight excluding hydrogens is 383 g/mol. The number of hydrogen-bond donors (Lipinski definition) is 3. The van der Waals surface area contributed by atoms with Crippen molar-refractivity contribution in [2.75, 3.05) is 11.9 Å². The monoisotopic (exact) mass is 403 g/mol. The number of H-pyrrole nitrogens is 1. The van der Waals surface area contributed by atoms with Crippen LogP contribution in [0.15, 0.2) is 48.5 Å². The van der Waals surface area contributed by atoms with Crippen LogP contribution in [0.4, 0.5) is 23.7 Å². The van der Waals surface area contributed by atoms with E-state index < -0.39 is 17.8 Å². The number of benzene rings is 2. The predicted octanol–water partition coefficient (Wildman–Crippen LogP) is 4.09. The number of urea groups is 1. The standard InChI is InChI=1S/C20H20F3N5O/c1-13-5-7-14(8-6-13)11-18-26-17(27-28-18)9-10-24-19(29)25-16-4-2-3-15(12-16)20(21,22)23/h2-8,12H,9-11H2,1H3,(H2,24,25,29)(H,26,27,28). The van der Waals surface area contributed by atoms with Gasteiger partial charge in [-0.15, -0.1) is 0 Å². The number of aryl methyl sites for hydroxylation is 1. The van der Waals surface area contributed by atoms with Crippen LogP contribution in [0.25, 0.3) is 0 Å². The van der Waals surface area contributed by atoms with E-state index in [-0.39, 0.29) is 12.2 Å². The highest BCUT2D eigenvalue weighted by atomic mass is 19.4. The van der Waals surface area contributed by atoms with E-state index in [1.807, 2.05) is 31.2 Å². The quantitative estimate of drug-likeness (QED) is 0.580. The van der Waals surface area contributed by atoms with Crippen molar-refractivity contribution in [3.8, 4) is 0 Å². The maximum absolute atomic E-state index is 12.7. The number of halogens is 3. The lowest BCUT2D eigenvalue weighted by molar-refractivity contribution is -0.137. The number of nitrogens with one attached hydrogen (secondary N) is 3. The molecule has 29 heavy (non-hydrogen) atoms. The molecule has 0 spiro atoms.